The van der Waals surface area contributed by atoms with Gasteiger partial charge in [-0.05, 0) is 5.92 Å². The van der Waals surface area contributed by atoms with Gasteiger partial charge in [0.2, 0.25) is 0 Å². The zero-order chi connectivity index (χ0) is 11.9. The molecule has 16 heavy (non-hydrogen) atoms. The largest absolute Gasteiger partial charge is 0.254 e. The number of hydrogen-bond acceptors (Lipinski definition) is 4. The van der Waals surface area contributed by atoms with Gasteiger partial charge in [0.05, 0.1) is 17.2 Å². The van der Waals surface area contributed by atoms with E-state index in [1.54, 1.807) is 4.68 Å². The highest BCUT2D eigenvalue weighted by atomic mass is 32.2. The molecule has 0 aliphatic carbocycles. The highest BCUT2D eigenvalue weighted by molar-refractivity contribution is 7.90. The fourth-order valence-electron chi connectivity index (χ4n) is 1.90. The van der Waals surface area contributed by atoms with Gasteiger partial charge in [0.15, 0.2) is 9.84 Å². The van der Waals surface area contributed by atoms with E-state index in [1.807, 2.05) is 13.8 Å². The van der Waals surface area contributed by atoms with Gasteiger partial charge in [-0.25, -0.2) is 8.42 Å². The van der Waals surface area contributed by atoms with E-state index in [4.69, 9.17) is 5.26 Å². The van der Waals surface area contributed by atoms with Gasteiger partial charge < -0.3 is 0 Å². The molecule has 6 heteroatoms. The molecule has 1 aliphatic rings. The van der Waals surface area contributed by atoms with Crippen LogP contribution in [0.15, 0.2) is 0 Å². The van der Waals surface area contributed by atoms with Gasteiger partial charge in [-0.1, -0.05) is 13.8 Å². The molecule has 0 saturated heterocycles. The van der Waals surface area contributed by atoms with Crippen LogP contribution in [0, 0.1) is 17.2 Å². The summed E-state index contributed by atoms with van der Waals surface area (Å²) >= 11 is 0. The number of fused-ring (bicyclic) bond motifs is 1. The minimum Gasteiger partial charge on any atom is -0.254 e. The number of rotatable bonds is 2. The van der Waals surface area contributed by atoms with Gasteiger partial charge in [0.25, 0.3) is 0 Å². The third-order valence-electron chi connectivity index (χ3n) is 2.50. The third kappa shape index (κ3) is 1.83. The van der Waals surface area contributed by atoms with Gasteiger partial charge in [0.1, 0.15) is 11.8 Å². The SMILES string of the molecule is CC(C)Cn1nc2c(c1C#N)CS(=O)(=O)C2. The molecule has 86 valence electrons. The molecule has 2 heterocycles. The maximum absolute atomic E-state index is 11.4. The number of hydrogen-bond donors (Lipinski definition) is 0. The Morgan fingerprint density at radius 2 is 2.19 bits per heavy atom. The van der Waals surface area contributed by atoms with Gasteiger partial charge in [-0.15, -0.1) is 0 Å². The topological polar surface area (TPSA) is 75.8 Å². The third-order valence-corrected chi connectivity index (χ3v) is 3.94. The number of nitrogens with zero attached hydrogens (tertiary/aromatic N) is 3. The van der Waals surface area contributed by atoms with Crippen molar-refractivity contribution in [3.63, 3.8) is 0 Å². The van der Waals surface area contributed by atoms with Crippen LogP contribution in [0.3, 0.4) is 0 Å². The summed E-state index contributed by atoms with van der Waals surface area (Å²) in [6.07, 6.45) is 0. The second kappa shape index (κ2) is 3.59. The van der Waals surface area contributed by atoms with Crippen molar-refractivity contribution in [2.45, 2.75) is 31.9 Å². The first-order chi connectivity index (χ1) is 7.43. The summed E-state index contributed by atoms with van der Waals surface area (Å²) in [5.74, 6) is 0.314. The van der Waals surface area contributed by atoms with Crippen LogP contribution in [0.2, 0.25) is 0 Å². The number of aromatic nitrogens is 2. The fourth-order valence-corrected chi connectivity index (χ4v) is 3.39. The van der Waals surface area contributed by atoms with E-state index in [-0.39, 0.29) is 11.5 Å². The molecule has 1 aromatic rings. The van der Waals surface area contributed by atoms with E-state index in [0.29, 0.717) is 29.4 Å². The smallest absolute Gasteiger partial charge is 0.160 e. The lowest BCUT2D eigenvalue weighted by Gasteiger charge is -2.06. The molecule has 0 aromatic carbocycles. The Labute approximate surface area is 94.6 Å². The summed E-state index contributed by atoms with van der Waals surface area (Å²) in [5.41, 5.74) is 1.56. The minimum absolute atomic E-state index is 0.0257. The normalized spacial score (nSPS) is 17.4. The first-order valence-electron chi connectivity index (χ1n) is 5.12. The van der Waals surface area contributed by atoms with Crippen molar-refractivity contribution in [3.8, 4) is 6.07 Å². The van der Waals surface area contributed by atoms with E-state index >= 15 is 0 Å². The fraction of sp³-hybridized carbons (Fsp3) is 0.600. The van der Waals surface area contributed by atoms with E-state index in [2.05, 4.69) is 11.2 Å². The summed E-state index contributed by atoms with van der Waals surface area (Å²) in [7, 11) is -3.07. The second-order valence-electron chi connectivity index (χ2n) is 4.49. The summed E-state index contributed by atoms with van der Waals surface area (Å²) in [4.78, 5) is 0. The molecule has 0 unspecified atom stereocenters. The summed E-state index contributed by atoms with van der Waals surface area (Å²) in [6, 6.07) is 2.06. The maximum atomic E-state index is 11.4. The van der Waals surface area contributed by atoms with Crippen LogP contribution in [-0.2, 0) is 27.9 Å². The lowest BCUT2D eigenvalue weighted by molar-refractivity contribution is 0.476. The molecule has 0 N–H and O–H groups in total. The Hall–Kier alpha value is -1.35. The quantitative estimate of drug-likeness (QED) is 0.766. The molecule has 0 saturated carbocycles. The standard InChI is InChI=1S/C10H13N3O2S/c1-7(2)4-13-10(3-11)8-5-16(14,15)6-9(8)12-13/h7H,4-6H2,1-2H3. The maximum Gasteiger partial charge on any atom is 0.160 e. The Kier molecular flexibility index (Phi) is 2.50. The van der Waals surface area contributed by atoms with E-state index in [9.17, 15) is 8.42 Å². The highest BCUT2D eigenvalue weighted by Crippen LogP contribution is 2.27. The Bertz CT molecular complexity index is 564. The van der Waals surface area contributed by atoms with Gasteiger partial charge in [-0.2, -0.15) is 10.4 Å². The molecule has 1 aromatic heterocycles. The molecule has 0 atom stereocenters. The summed E-state index contributed by atoms with van der Waals surface area (Å²) in [6.45, 7) is 4.71. The van der Waals surface area contributed by atoms with Crippen molar-refractivity contribution in [1.82, 2.24) is 9.78 Å². The molecule has 5 nitrogen and oxygen atoms in total. The minimum atomic E-state index is -3.07. The van der Waals surface area contributed by atoms with E-state index in [1.165, 1.54) is 0 Å². The average molecular weight is 239 g/mol. The van der Waals surface area contributed by atoms with Crippen molar-refractivity contribution in [3.05, 3.63) is 17.0 Å². The molecular formula is C10H13N3O2S. The number of sulfone groups is 1. The monoisotopic (exact) mass is 239 g/mol. The first kappa shape index (κ1) is 11.1. The van der Waals surface area contributed by atoms with Crippen molar-refractivity contribution < 1.29 is 8.42 Å². The van der Waals surface area contributed by atoms with E-state index < -0.39 is 9.84 Å². The van der Waals surface area contributed by atoms with Gasteiger partial charge in [-0.3, -0.25) is 4.68 Å². The van der Waals surface area contributed by atoms with E-state index in [0.717, 1.165) is 0 Å². The van der Waals surface area contributed by atoms with Crippen molar-refractivity contribution in [2.24, 2.45) is 5.92 Å². The second-order valence-corrected chi connectivity index (χ2v) is 6.56. The van der Waals surface area contributed by atoms with Crippen LogP contribution < -0.4 is 0 Å². The molecule has 0 spiro atoms. The predicted molar refractivity (Wildman–Crippen MR) is 58.1 cm³/mol. The Balaban J connectivity index is 2.45. The molecule has 1 aliphatic heterocycles. The van der Waals surface area contributed by atoms with Crippen molar-refractivity contribution >= 4 is 9.84 Å². The molecule has 2 rings (SSSR count). The lowest BCUT2D eigenvalue weighted by atomic mass is 10.2. The molecular weight excluding hydrogens is 226 g/mol. The Morgan fingerprint density at radius 3 is 2.75 bits per heavy atom. The summed E-state index contributed by atoms with van der Waals surface area (Å²) in [5, 5.41) is 13.3. The van der Waals surface area contributed by atoms with Gasteiger partial charge in [0, 0.05) is 12.1 Å². The van der Waals surface area contributed by atoms with Crippen LogP contribution in [0.5, 0.6) is 0 Å². The molecule has 0 radical (unpaired) electrons. The van der Waals surface area contributed by atoms with Crippen LogP contribution in [0.25, 0.3) is 0 Å². The highest BCUT2D eigenvalue weighted by Gasteiger charge is 2.32. The lowest BCUT2D eigenvalue weighted by Crippen LogP contribution is -2.11. The van der Waals surface area contributed by atoms with Gasteiger partial charge >= 0.3 is 0 Å². The molecule has 0 bridgehead atoms. The van der Waals surface area contributed by atoms with Crippen LogP contribution >= 0.6 is 0 Å². The number of nitriles is 1. The molecule has 0 fully saturated rings. The van der Waals surface area contributed by atoms with Crippen LogP contribution in [0.4, 0.5) is 0 Å². The average Bonchev–Trinajstić information content (AvgIpc) is 2.54. The van der Waals surface area contributed by atoms with Crippen molar-refractivity contribution in [1.29, 1.82) is 5.26 Å². The first-order valence-corrected chi connectivity index (χ1v) is 6.94. The molecule has 0 amide bonds. The van der Waals surface area contributed by atoms with Crippen molar-refractivity contribution in [2.75, 3.05) is 0 Å². The zero-order valence-corrected chi connectivity index (χ0v) is 10.1. The summed E-state index contributed by atoms with van der Waals surface area (Å²) < 4.78 is 24.4. The Morgan fingerprint density at radius 1 is 1.50 bits per heavy atom. The van der Waals surface area contributed by atoms with Crippen LogP contribution in [-0.4, -0.2) is 18.2 Å². The van der Waals surface area contributed by atoms with Crippen LogP contribution in [0.1, 0.15) is 30.8 Å². The predicted octanol–water partition coefficient (Wildman–Crippen LogP) is 0.839. The zero-order valence-electron chi connectivity index (χ0n) is 9.27.